The van der Waals surface area contributed by atoms with E-state index in [2.05, 4.69) is 34.6 Å². The van der Waals surface area contributed by atoms with Gasteiger partial charge in [0.2, 0.25) is 0 Å². The summed E-state index contributed by atoms with van der Waals surface area (Å²) < 4.78 is 0. The van der Waals surface area contributed by atoms with Crippen LogP contribution in [0.2, 0.25) is 0 Å². The first-order valence-electron chi connectivity index (χ1n) is 4.81. The Balaban J connectivity index is 5.21. The molecule has 0 amide bonds. The van der Waals surface area contributed by atoms with E-state index in [9.17, 15) is 0 Å². The quantitative estimate of drug-likeness (QED) is 0.498. The van der Waals surface area contributed by atoms with E-state index in [1.54, 1.807) is 0 Å². The molecule has 0 aromatic heterocycles. The van der Waals surface area contributed by atoms with Gasteiger partial charge in [0.1, 0.15) is 0 Å². The zero-order valence-corrected chi connectivity index (χ0v) is 9.71. The Morgan fingerprint density at radius 3 is 1.62 bits per heavy atom. The van der Waals surface area contributed by atoms with Crippen LogP contribution < -0.4 is 0 Å². The first-order valence-corrected chi connectivity index (χ1v) is 4.81. The fraction of sp³-hybridized carbons (Fsp3) is 0.583. The van der Waals surface area contributed by atoms with Gasteiger partial charge in [-0.3, -0.25) is 0 Å². The van der Waals surface area contributed by atoms with Crippen LogP contribution in [0.25, 0.3) is 0 Å². The molecule has 0 heterocycles. The van der Waals surface area contributed by atoms with Gasteiger partial charge in [0.05, 0.1) is 0 Å². The number of hydrogen-bond acceptors (Lipinski definition) is 1. The fourth-order valence-electron chi connectivity index (χ4n) is 1.41. The van der Waals surface area contributed by atoms with Crippen LogP contribution in [0.5, 0.6) is 0 Å². The molecular weight excluding hydrogens is 158 g/mol. The highest BCUT2D eigenvalue weighted by Crippen LogP contribution is 2.20. The van der Waals surface area contributed by atoms with Crippen molar-refractivity contribution in [3.8, 4) is 0 Å². The second kappa shape index (κ2) is 5.00. The summed E-state index contributed by atoms with van der Waals surface area (Å²) in [6, 6.07) is 0. The number of nitrogens with one attached hydrogen (secondary N) is 1. The zero-order valence-electron chi connectivity index (χ0n) is 9.71. The zero-order chi connectivity index (χ0) is 10.6. The molecule has 0 spiro atoms. The molecule has 0 fully saturated rings. The molecule has 0 aliphatic heterocycles. The summed E-state index contributed by atoms with van der Waals surface area (Å²) in [4.78, 5) is 0. The summed E-state index contributed by atoms with van der Waals surface area (Å²) in [5.41, 5.74) is 5.81. The lowest BCUT2D eigenvalue weighted by molar-refractivity contribution is 1.10. The second-order valence-electron chi connectivity index (χ2n) is 3.71. The van der Waals surface area contributed by atoms with Crippen LogP contribution in [0.3, 0.4) is 0 Å². The monoisotopic (exact) mass is 179 g/mol. The summed E-state index contributed by atoms with van der Waals surface area (Å²) in [7, 11) is 0. The van der Waals surface area contributed by atoms with Crippen LogP contribution in [0.15, 0.2) is 22.3 Å². The summed E-state index contributed by atoms with van der Waals surface area (Å²) >= 11 is 0. The molecule has 13 heavy (non-hydrogen) atoms. The third kappa shape index (κ3) is 3.17. The van der Waals surface area contributed by atoms with Crippen molar-refractivity contribution in [2.45, 2.75) is 48.0 Å². The van der Waals surface area contributed by atoms with Gasteiger partial charge >= 0.3 is 0 Å². The van der Waals surface area contributed by atoms with Gasteiger partial charge in [-0.05, 0) is 57.8 Å². The van der Waals surface area contributed by atoms with Crippen molar-refractivity contribution < 1.29 is 0 Å². The van der Waals surface area contributed by atoms with E-state index in [1.165, 1.54) is 22.3 Å². The summed E-state index contributed by atoms with van der Waals surface area (Å²) in [5, 5.41) is 7.64. The molecule has 0 unspecified atom stereocenters. The highest BCUT2D eigenvalue weighted by Gasteiger charge is 2.05. The first kappa shape index (κ1) is 12.2. The maximum Gasteiger partial charge on any atom is 0.0317 e. The fourth-order valence-corrected chi connectivity index (χ4v) is 1.41. The van der Waals surface area contributed by atoms with Gasteiger partial charge in [0.25, 0.3) is 0 Å². The molecule has 0 atom stereocenters. The smallest absolute Gasteiger partial charge is 0.0317 e. The largest absolute Gasteiger partial charge is 0.305 e. The van der Waals surface area contributed by atoms with E-state index >= 15 is 0 Å². The van der Waals surface area contributed by atoms with Gasteiger partial charge in [-0.15, -0.1) is 0 Å². The highest BCUT2D eigenvalue weighted by atomic mass is 14.4. The van der Waals surface area contributed by atoms with Crippen molar-refractivity contribution in [1.29, 1.82) is 5.41 Å². The number of rotatable bonds is 3. The molecule has 0 saturated carbocycles. The van der Waals surface area contributed by atoms with Crippen molar-refractivity contribution in [2.75, 3.05) is 0 Å². The highest BCUT2D eigenvalue weighted by molar-refractivity contribution is 5.96. The van der Waals surface area contributed by atoms with Gasteiger partial charge in [0.15, 0.2) is 0 Å². The summed E-state index contributed by atoms with van der Waals surface area (Å²) in [6.45, 7) is 12.4. The Hall–Kier alpha value is -0.850. The van der Waals surface area contributed by atoms with Crippen LogP contribution >= 0.6 is 0 Å². The molecule has 0 aromatic rings. The first-order chi connectivity index (χ1) is 5.91. The average Bonchev–Trinajstić information content (AvgIpc) is 2.03. The normalized spacial score (nSPS) is 12.2. The average molecular weight is 179 g/mol. The van der Waals surface area contributed by atoms with Gasteiger partial charge in [-0.2, -0.15) is 0 Å². The molecular formula is C12H21N. The molecule has 0 aliphatic rings. The maximum atomic E-state index is 7.64. The molecule has 0 bridgehead atoms. The summed E-state index contributed by atoms with van der Waals surface area (Å²) in [5.74, 6) is 0. The van der Waals surface area contributed by atoms with Gasteiger partial charge < -0.3 is 5.41 Å². The van der Waals surface area contributed by atoms with E-state index in [-0.39, 0.29) is 0 Å². The van der Waals surface area contributed by atoms with Gasteiger partial charge in [0, 0.05) is 5.71 Å². The third-order valence-corrected chi connectivity index (χ3v) is 2.57. The van der Waals surface area contributed by atoms with Crippen LogP contribution in [0, 0.1) is 5.41 Å². The van der Waals surface area contributed by atoms with E-state index in [0.29, 0.717) is 5.71 Å². The minimum absolute atomic E-state index is 0.695. The topological polar surface area (TPSA) is 23.9 Å². The molecule has 0 saturated heterocycles. The summed E-state index contributed by atoms with van der Waals surface area (Å²) in [6.07, 6.45) is 0.950. The molecule has 74 valence electrons. The molecule has 1 nitrogen and oxygen atoms in total. The van der Waals surface area contributed by atoms with E-state index < -0.39 is 0 Å². The Bertz CT molecular complexity index is 263. The van der Waals surface area contributed by atoms with E-state index in [0.717, 1.165) is 6.42 Å². The minimum Gasteiger partial charge on any atom is -0.305 e. The Morgan fingerprint density at radius 1 is 0.923 bits per heavy atom. The minimum atomic E-state index is 0.695. The van der Waals surface area contributed by atoms with Crippen LogP contribution in [-0.4, -0.2) is 5.71 Å². The Labute approximate surface area is 82.1 Å². The maximum absolute atomic E-state index is 7.64. The van der Waals surface area contributed by atoms with Crippen molar-refractivity contribution in [3.63, 3.8) is 0 Å². The number of allylic oxidation sites excluding steroid dienone is 4. The van der Waals surface area contributed by atoms with Crippen LogP contribution in [0.4, 0.5) is 0 Å². The number of hydrogen-bond donors (Lipinski definition) is 1. The van der Waals surface area contributed by atoms with Gasteiger partial charge in [-0.25, -0.2) is 0 Å². The van der Waals surface area contributed by atoms with Crippen molar-refractivity contribution >= 4 is 5.71 Å². The Kier molecular flexibility index (Phi) is 4.68. The van der Waals surface area contributed by atoms with Crippen molar-refractivity contribution in [3.05, 3.63) is 22.3 Å². The lowest BCUT2D eigenvalue weighted by Crippen LogP contribution is -1.99. The Morgan fingerprint density at radius 2 is 1.38 bits per heavy atom. The second-order valence-corrected chi connectivity index (χ2v) is 3.71. The molecule has 0 radical (unpaired) electrons. The van der Waals surface area contributed by atoms with Crippen molar-refractivity contribution in [1.82, 2.24) is 0 Å². The van der Waals surface area contributed by atoms with Crippen LogP contribution in [-0.2, 0) is 0 Å². The lowest BCUT2D eigenvalue weighted by atomic mass is 9.95. The molecule has 0 aliphatic carbocycles. The SMILES string of the molecule is CC/C(C(C)=N)=C(\C)C(C)=C(C)C. The van der Waals surface area contributed by atoms with Gasteiger partial charge in [-0.1, -0.05) is 12.5 Å². The molecule has 0 aromatic carbocycles. The molecule has 1 N–H and O–H groups in total. The van der Waals surface area contributed by atoms with Crippen molar-refractivity contribution in [2.24, 2.45) is 0 Å². The predicted octanol–water partition coefficient (Wildman–Crippen LogP) is 4.11. The molecule has 0 rings (SSSR count). The standard InChI is InChI=1S/C12H21N/c1-7-12(11(6)13)10(5)9(4)8(2)3/h13H,7H2,1-6H3/b12-10-,13-11?. The lowest BCUT2D eigenvalue weighted by Gasteiger charge is -2.11. The van der Waals surface area contributed by atoms with E-state index in [1.807, 2.05) is 6.92 Å². The van der Waals surface area contributed by atoms with Crippen LogP contribution in [0.1, 0.15) is 48.0 Å². The molecule has 1 heteroatoms. The van der Waals surface area contributed by atoms with E-state index in [4.69, 9.17) is 5.41 Å². The third-order valence-electron chi connectivity index (χ3n) is 2.57. The predicted molar refractivity (Wildman–Crippen MR) is 60.4 cm³/mol.